The van der Waals surface area contributed by atoms with Crippen molar-refractivity contribution in [3.05, 3.63) is 34.3 Å². The number of hydrogen-bond donors (Lipinski definition) is 0. The van der Waals surface area contributed by atoms with Crippen molar-refractivity contribution in [2.24, 2.45) is 0 Å². The molecule has 0 atom stereocenters. The van der Waals surface area contributed by atoms with Gasteiger partial charge in [0.25, 0.3) is 0 Å². The van der Waals surface area contributed by atoms with Crippen LogP contribution < -0.4 is 0 Å². The Morgan fingerprint density at radius 3 is 2.47 bits per heavy atom. The van der Waals surface area contributed by atoms with Gasteiger partial charge in [0.05, 0.1) is 5.56 Å². The lowest BCUT2D eigenvalue weighted by Gasteiger charge is -2.08. The van der Waals surface area contributed by atoms with Gasteiger partial charge in [0.1, 0.15) is 0 Å². The molecule has 0 saturated carbocycles. The van der Waals surface area contributed by atoms with E-state index in [1.807, 2.05) is 5.92 Å². The van der Waals surface area contributed by atoms with Crippen molar-refractivity contribution in [1.82, 2.24) is 0 Å². The van der Waals surface area contributed by atoms with E-state index in [9.17, 15) is 13.2 Å². The van der Waals surface area contributed by atoms with E-state index in [1.54, 1.807) is 0 Å². The van der Waals surface area contributed by atoms with Crippen LogP contribution in [0.25, 0.3) is 0 Å². The maximum Gasteiger partial charge on any atom is 0.417 e. The number of alkyl halides is 3. The SMILES string of the molecule is N#CC#Cc1cc(Cl)ccc1C(F)(F)F. The van der Waals surface area contributed by atoms with Gasteiger partial charge in [-0.05, 0) is 18.2 Å². The highest BCUT2D eigenvalue weighted by atomic mass is 35.5. The summed E-state index contributed by atoms with van der Waals surface area (Å²) in [5.41, 5.74) is -1.19. The van der Waals surface area contributed by atoms with E-state index < -0.39 is 11.7 Å². The minimum absolute atomic E-state index is 0.144. The van der Waals surface area contributed by atoms with E-state index in [-0.39, 0.29) is 10.6 Å². The van der Waals surface area contributed by atoms with Crippen LogP contribution in [0, 0.1) is 23.2 Å². The molecule has 0 unspecified atom stereocenters. The van der Waals surface area contributed by atoms with Crippen LogP contribution in [0.1, 0.15) is 11.1 Å². The zero-order valence-corrected chi connectivity index (χ0v) is 7.95. The normalized spacial score (nSPS) is 10.1. The summed E-state index contributed by atoms with van der Waals surface area (Å²) < 4.78 is 37.2. The number of nitrogens with zero attached hydrogens (tertiary/aromatic N) is 1. The molecule has 76 valence electrons. The third kappa shape index (κ3) is 2.90. The van der Waals surface area contributed by atoms with Crippen LogP contribution in [-0.4, -0.2) is 0 Å². The van der Waals surface area contributed by atoms with Crippen LogP contribution in [0.4, 0.5) is 13.2 Å². The highest BCUT2D eigenvalue weighted by Crippen LogP contribution is 2.32. The lowest BCUT2D eigenvalue weighted by molar-refractivity contribution is -0.137. The molecule has 15 heavy (non-hydrogen) atoms. The third-order valence-electron chi connectivity index (χ3n) is 1.54. The van der Waals surface area contributed by atoms with Crippen LogP contribution in [0.3, 0.4) is 0 Å². The quantitative estimate of drug-likeness (QED) is 0.627. The Hall–Kier alpha value is -1.65. The predicted octanol–water partition coefficient (Wildman–Crippen LogP) is 3.23. The Kier molecular flexibility index (Phi) is 3.24. The smallest absolute Gasteiger partial charge is 0.183 e. The third-order valence-corrected chi connectivity index (χ3v) is 1.78. The predicted molar refractivity (Wildman–Crippen MR) is 48.9 cm³/mol. The molecule has 0 saturated heterocycles. The van der Waals surface area contributed by atoms with Crippen LogP contribution in [0.15, 0.2) is 18.2 Å². The first-order valence-corrected chi connectivity index (χ1v) is 4.10. The molecule has 0 bridgehead atoms. The number of rotatable bonds is 0. The van der Waals surface area contributed by atoms with Crippen LogP contribution in [0.2, 0.25) is 5.02 Å². The van der Waals surface area contributed by atoms with Gasteiger partial charge in [-0.15, -0.1) is 0 Å². The molecule has 5 heteroatoms. The molecule has 0 amide bonds. The highest BCUT2D eigenvalue weighted by molar-refractivity contribution is 6.30. The second-order valence-corrected chi connectivity index (χ2v) is 2.99. The molecule has 1 aromatic rings. The molecular formula is C10H3ClF3N. The van der Waals surface area contributed by atoms with E-state index in [4.69, 9.17) is 16.9 Å². The maximum absolute atomic E-state index is 12.4. The number of halogens is 4. The van der Waals surface area contributed by atoms with E-state index in [1.165, 1.54) is 6.07 Å². The van der Waals surface area contributed by atoms with Crippen molar-refractivity contribution in [3.8, 4) is 17.9 Å². The number of hydrogen-bond acceptors (Lipinski definition) is 1. The summed E-state index contributed by atoms with van der Waals surface area (Å²) in [4.78, 5) is 0. The Bertz CT molecular complexity index is 474. The van der Waals surface area contributed by atoms with Gasteiger partial charge >= 0.3 is 6.18 Å². The fraction of sp³-hybridized carbons (Fsp3) is 0.100. The zero-order chi connectivity index (χ0) is 11.5. The average Bonchev–Trinajstić information content (AvgIpc) is 2.12. The van der Waals surface area contributed by atoms with E-state index in [0.717, 1.165) is 18.2 Å². The minimum Gasteiger partial charge on any atom is -0.183 e. The van der Waals surface area contributed by atoms with Gasteiger partial charge in [0.15, 0.2) is 6.07 Å². The van der Waals surface area contributed by atoms with Gasteiger partial charge in [-0.2, -0.15) is 18.4 Å². The van der Waals surface area contributed by atoms with Gasteiger partial charge in [0.2, 0.25) is 0 Å². The van der Waals surface area contributed by atoms with Gasteiger partial charge in [0, 0.05) is 16.5 Å². The molecule has 0 spiro atoms. The number of nitriles is 1. The average molecular weight is 230 g/mol. The summed E-state index contributed by atoms with van der Waals surface area (Å²) in [5, 5.41) is 8.30. The van der Waals surface area contributed by atoms with Gasteiger partial charge in [-0.1, -0.05) is 17.5 Å². The molecule has 0 radical (unpaired) electrons. The van der Waals surface area contributed by atoms with Crippen molar-refractivity contribution in [2.75, 3.05) is 0 Å². The fourth-order valence-corrected chi connectivity index (χ4v) is 1.13. The van der Waals surface area contributed by atoms with Crippen molar-refractivity contribution in [3.63, 3.8) is 0 Å². The fourth-order valence-electron chi connectivity index (χ4n) is 0.962. The van der Waals surface area contributed by atoms with Crippen molar-refractivity contribution in [1.29, 1.82) is 5.26 Å². The molecule has 1 aromatic carbocycles. The Labute approximate surface area is 89.1 Å². The van der Waals surface area contributed by atoms with Gasteiger partial charge in [-0.3, -0.25) is 0 Å². The monoisotopic (exact) mass is 229 g/mol. The van der Waals surface area contributed by atoms with Crippen LogP contribution in [-0.2, 0) is 6.18 Å². The highest BCUT2D eigenvalue weighted by Gasteiger charge is 2.32. The molecule has 0 fully saturated rings. The standard InChI is InChI=1S/C10H3ClF3N/c11-8-3-4-9(10(12,13)14)7(6-8)2-1-5-15/h3-4,6H. The maximum atomic E-state index is 12.4. The summed E-state index contributed by atoms with van der Waals surface area (Å²) in [6.07, 6.45) is -4.50. The lowest BCUT2D eigenvalue weighted by Crippen LogP contribution is -2.07. The zero-order valence-electron chi connectivity index (χ0n) is 7.19. The lowest BCUT2D eigenvalue weighted by atomic mass is 10.1. The Morgan fingerprint density at radius 2 is 1.93 bits per heavy atom. The van der Waals surface area contributed by atoms with Crippen molar-refractivity contribution >= 4 is 11.6 Å². The minimum atomic E-state index is -4.50. The molecule has 0 heterocycles. The topological polar surface area (TPSA) is 23.8 Å². The van der Waals surface area contributed by atoms with Gasteiger partial charge in [-0.25, -0.2) is 0 Å². The molecule has 1 rings (SSSR count). The molecule has 0 aliphatic carbocycles. The van der Waals surface area contributed by atoms with Crippen molar-refractivity contribution in [2.45, 2.75) is 6.18 Å². The number of benzene rings is 1. The summed E-state index contributed by atoms with van der Waals surface area (Å²) in [5.74, 6) is 4.00. The van der Waals surface area contributed by atoms with E-state index in [0.29, 0.717) is 0 Å². The Morgan fingerprint density at radius 1 is 1.27 bits per heavy atom. The van der Waals surface area contributed by atoms with Crippen LogP contribution in [0.5, 0.6) is 0 Å². The molecule has 0 aliphatic rings. The largest absolute Gasteiger partial charge is 0.417 e. The van der Waals surface area contributed by atoms with Crippen LogP contribution >= 0.6 is 11.6 Å². The first-order valence-electron chi connectivity index (χ1n) is 3.72. The Balaban J connectivity index is 3.35. The first kappa shape index (κ1) is 11.4. The molecule has 1 nitrogen and oxygen atoms in total. The second kappa shape index (κ2) is 4.25. The summed E-state index contributed by atoms with van der Waals surface area (Å²) in [7, 11) is 0. The first-order chi connectivity index (χ1) is 6.95. The molecule has 0 N–H and O–H groups in total. The van der Waals surface area contributed by atoms with E-state index >= 15 is 0 Å². The molecular weight excluding hydrogens is 227 g/mol. The summed E-state index contributed by atoms with van der Waals surface area (Å²) >= 11 is 5.53. The van der Waals surface area contributed by atoms with Gasteiger partial charge < -0.3 is 0 Å². The second-order valence-electron chi connectivity index (χ2n) is 2.55. The molecule has 0 aromatic heterocycles. The van der Waals surface area contributed by atoms with E-state index in [2.05, 4.69) is 5.92 Å². The summed E-state index contributed by atoms with van der Waals surface area (Å²) in [6.45, 7) is 0. The molecule has 0 aliphatic heterocycles. The van der Waals surface area contributed by atoms with Crippen molar-refractivity contribution < 1.29 is 13.2 Å². The summed E-state index contributed by atoms with van der Waals surface area (Å²) in [6, 6.07) is 4.48.